The SMILES string of the molecule is CC(C)Oc1cc(N2CCN(CCN(C)CCC(C)S(=O)(=O)c3ccccc3Nc3nc(Nc4ccc(N5CCC6(CC5)OCCO6)cc4OC(C)C)ncc3Cl)CC2)ccc1Nc1ncc(Cl)c(Nc2ccccc2S(=O)(=O)C(C)C)n1. The molecule has 0 aliphatic carbocycles. The third-order valence-corrected chi connectivity index (χ3v) is 19.9. The predicted molar refractivity (Wildman–Crippen MR) is 330 cm³/mol. The lowest BCUT2D eigenvalue weighted by Gasteiger charge is -2.38. The molecule has 0 saturated carbocycles. The maximum Gasteiger partial charge on any atom is 0.229 e. The van der Waals surface area contributed by atoms with Crippen LogP contribution in [0.15, 0.2) is 107 Å². The Morgan fingerprint density at radius 1 is 0.602 bits per heavy atom. The Hall–Kier alpha value is -6.24. The molecule has 20 nitrogen and oxygen atoms in total. The number of halogens is 2. The normalized spacial score (nSPS) is 16.3. The molecule has 3 aliphatic rings. The quantitative estimate of drug-likeness (QED) is 0.0443. The maximum atomic E-state index is 14.3. The number of para-hydroxylation sites is 2. The fourth-order valence-electron chi connectivity index (χ4n) is 10.1. The van der Waals surface area contributed by atoms with E-state index in [-0.39, 0.29) is 55.6 Å². The minimum Gasteiger partial charge on any atom is -0.489 e. The molecule has 1 atom stereocenters. The van der Waals surface area contributed by atoms with E-state index < -0.39 is 36.0 Å². The van der Waals surface area contributed by atoms with Crippen LogP contribution in [0.2, 0.25) is 10.0 Å². The molecule has 5 heterocycles. The van der Waals surface area contributed by atoms with Crippen LogP contribution in [-0.2, 0) is 29.1 Å². The molecule has 3 fully saturated rings. The fourth-order valence-corrected chi connectivity index (χ4v) is 13.1. The lowest BCUT2D eigenvalue weighted by atomic mass is 10.0. The van der Waals surface area contributed by atoms with E-state index in [0.717, 1.165) is 76.6 Å². The van der Waals surface area contributed by atoms with E-state index in [1.165, 1.54) is 12.4 Å². The molecule has 1 unspecified atom stereocenters. The number of nitrogens with zero attached hydrogens (tertiary/aromatic N) is 8. The summed E-state index contributed by atoms with van der Waals surface area (Å²) in [6.45, 7) is 21.2. The number of hydrogen-bond acceptors (Lipinski definition) is 20. The van der Waals surface area contributed by atoms with Crippen molar-refractivity contribution in [2.24, 2.45) is 0 Å². The number of anilines is 10. The fraction of sp³-hybridized carbons (Fsp3) is 0.458. The molecular weight excluding hydrogens is 1140 g/mol. The molecule has 446 valence electrons. The van der Waals surface area contributed by atoms with Gasteiger partial charge in [0, 0.05) is 88.7 Å². The number of hydrogen-bond donors (Lipinski definition) is 4. The van der Waals surface area contributed by atoms with Gasteiger partial charge in [0.05, 0.1) is 80.9 Å². The van der Waals surface area contributed by atoms with E-state index in [4.69, 9.17) is 47.1 Å². The van der Waals surface area contributed by atoms with Crippen LogP contribution in [0.1, 0.15) is 67.7 Å². The van der Waals surface area contributed by atoms with Gasteiger partial charge in [-0.1, -0.05) is 47.5 Å². The van der Waals surface area contributed by atoms with E-state index in [0.29, 0.717) is 60.4 Å². The summed E-state index contributed by atoms with van der Waals surface area (Å²) in [7, 11) is -5.36. The van der Waals surface area contributed by atoms with Crippen molar-refractivity contribution in [3.8, 4) is 11.5 Å². The average Bonchev–Trinajstić information content (AvgIpc) is 4.12. The zero-order valence-corrected chi connectivity index (χ0v) is 51.5. The zero-order chi connectivity index (χ0) is 59.1. The molecule has 3 saturated heterocycles. The molecule has 3 aliphatic heterocycles. The lowest BCUT2D eigenvalue weighted by molar-refractivity contribution is -0.169. The molecule has 0 bridgehead atoms. The zero-order valence-electron chi connectivity index (χ0n) is 48.4. The van der Waals surface area contributed by atoms with Gasteiger partial charge in [0.1, 0.15) is 21.5 Å². The smallest absolute Gasteiger partial charge is 0.229 e. The Morgan fingerprint density at radius 3 is 1.55 bits per heavy atom. The Kier molecular flexibility index (Phi) is 19.8. The van der Waals surface area contributed by atoms with Crippen molar-refractivity contribution >= 4 is 101 Å². The number of benzene rings is 4. The Labute approximate surface area is 498 Å². The molecular formula is C59H76Cl2N12O8S2. The van der Waals surface area contributed by atoms with Crippen molar-refractivity contribution in [1.29, 1.82) is 0 Å². The van der Waals surface area contributed by atoms with E-state index in [9.17, 15) is 16.8 Å². The van der Waals surface area contributed by atoms with Crippen molar-refractivity contribution in [2.45, 2.75) is 106 Å². The van der Waals surface area contributed by atoms with Gasteiger partial charge < -0.3 is 54.9 Å². The van der Waals surface area contributed by atoms with Crippen molar-refractivity contribution in [2.75, 3.05) is 110 Å². The van der Waals surface area contributed by atoms with Crippen LogP contribution >= 0.6 is 23.2 Å². The molecule has 9 rings (SSSR count). The second kappa shape index (κ2) is 26.8. The molecule has 2 aromatic heterocycles. The number of sulfone groups is 2. The minimum atomic E-state index is -3.80. The summed E-state index contributed by atoms with van der Waals surface area (Å²) in [6.07, 6.45) is 4.71. The molecule has 83 heavy (non-hydrogen) atoms. The van der Waals surface area contributed by atoms with Gasteiger partial charge in [0.15, 0.2) is 37.1 Å². The summed E-state index contributed by atoms with van der Waals surface area (Å²) >= 11 is 13.2. The largest absolute Gasteiger partial charge is 0.489 e. The molecule has 0 radical (unpaired) electrons. The highest BCUT2D eigenvalue weighted by Gasteiger charge is 2.40. The Bertz CT molecular complexity index is 3430. The molecule has 0 amide bonds. The van der Waals surface area contributed by atoms with Gasteiger partial charge in [-0.2, -0.15) is 9.97 Å². The number of likely N-dealkylation sites (N-methyl/N-ethyl adjacent to an activating group) is 1. The number of rotatable bonds is 24. The van der Waals surface area contributed by atoms with Crippen LogP contribution in [0.4, 0.5) is 57.7 Å². The van der Waals surface area contributed by atoms with Gasteiger partial charge >= 0.3 is 0 Å². The first kappa shape index (κ1) is 61.3. The highest BCUT2D eigenvalue weighted by Crippen LogP contribution is 2.39. The monoisotopic (exact) mass is 1210 g/mol. The molecule has 24 heteroatoms. The van der Waals surface area contributed by atoms with Crippen LogP contribution < -0.4 is 40.5 Å². The number of aromatic nitrogens is 4. The van der Waals surface area contributed by atoms with Gasteiger partial charge in [0.2, 0.25) is 11.9 Å². The first-order valence-electron chi connectivity index (χ1n) is 28.3. The summed E-state index contributed by atoms with van der Waals surface area (Å²) < 4.78 is 79.4. The van der Waals surface area contributed by atoms with Crippen LogP contribution in [0.25, 0.3) is 0 Å². The first-order valence-corrected chi connectivity index (χ1v) is 32.1. The summed E-state index contributed by atoms with van der Waals surface area (Å²) in [5.41, 5.74) is 4.08. The van der Waals surface area contributed by atoms with Crippen molar-refractivity contribution in [1.82, 2.24) is 29.7 Å². The Balaban J connectivity index is 0.766. The summed E-state index contributed by atoms with van der Waals surface area (Å²) in [4.78, 5) is 27.7. The van der Waals surface area contributed by atoms with Crippen LogP contribution in [0.5, 0.6) is 11.5 Å². The van der Waals surface area contributed by atoms with E-state index in [1.54, 1.807) is 69.3 Å². The first-order chi connectivity index (χ1) is 39.7. The second-order valence-corrected chi connectivity index (χ2v) is 27.6. The maximum absolute atomic E-state index is 14.3. The van der Waals surface area contributed by atoms with E-state index in [1.807, 2.05) is 71.1 Å². The van der Waals surface area contributed by atoms with Crippen LogP contribution in [-0.4, -0.2) is 154 Å². The van der Waals surface area contributed by atoms with Gasteiger partial charge in [-0.05, 0) is 117 Å². The summed E-state index contributed by atoms with van der Waals surface area (Å²) in [5, 5.41) is 12.0. The van der Waals surface area contributed by atoms with Gasteiger partial charge in [0.25, 0.3) is 0 Å². The molecule has 4 aromatic carbocycles. The van der Waals surface area contributed by atoms with Gasteiger partial charge in [-0.25, -0.2) is 26.8 Å². The third kappa shape index (κ3) is 15.2. The van der Waals surface area contributed by atoms with Gasteiger partial charge in [-0.3, -0.25) is 4.90 Å². The van der Waals surface area contributed by atoms with Crippen molar-refractivity contribution in [3.05, 3.63) is 107 Å². The van der Waals surface area contributed by atoms with E-state index >= 15 is 0 Å². The third-order valence-electron chi connectivity index (χ3n) is 14.8. The molecule has 1 spiro atoms. The van der Waals surface area contributed by atoms with E-state index in [2.05, 4.69) is 55.8 Å². The molecule has 4 N–H and O–H groups in total. The summed E-state index contributed by atoms with van der Waals surface area (Å²) in [5.74, 6) is 1.77. The average molecular weight is 1220 g/mol. The summed E-state index contributed by atoms with van der Waals surface area (Å²) in [6, 6.07) is 25.5. The number of piperazine rings is 1. The highest BCUT2D eigenvalue weighted by molar-refractivity contribution is 7.92. The topological polar surface area (TPSA) is 218 Å². The van der Waals surface area contributed by atoms with Crippen LogP contribution in [0, 0.1) is 0 Å². The molecule has 6 aromatic rings. The van der Waals surface area contributed by atoms with Crippen LogP contribution in [0.3, 0.4) is 0 Å². The second-order valence-electron chi connectivity index (χ2n) is 21.9. The van der Waals surface area contributed by atoms with Crippen molar-refractivity contribution < 1.29 is 35.8 Å². The number of nitrogens with one attached hydrogen (secondary N) is 4. The number of ether oxygens (including phenoxy) is 4. The predicted octanol–water partition coefficient (Wildman–Crippen LogP) is 11.0. The number of piperidine rings is 1. The Morgan fingerprint density at radius 2 is 1.07 bits per heavy atom. The van der Waals surface area contributed by atoms with Crippen molar-refractivity contribution in [3.63, 3.8) is 0 Å². The minimum absolute atomic E-state index is 0.100. The lowest BCUT2D eigenvalue weighted by Crippen LogP contribution is -2.48. The van der Waals surface area contributed by atoms with Gasteiger partial charge in [-0.15, -0.1) is 0 Å². The highest BCUT2D eigenvalue weighted by atomic mass is 35.5. The standard InChI is InChI=1S/C59H76Cl2N12O8S2/c1-39(2)80-51-35-43(72-25-22-59(23-26-72)78-33-34-79-59)17-19-47(51)66-58-63-38-46(61)56(69-58)65-50-14-10-12-16-54(50)83(76,77)42(7)21-24-70(8)27-28-71-29-31-73(32-30-71)44-18-20-48(52(36-44)81-40(3)4)67-57-62-37-45(60)55(68-57)64-49-13-9-11-15-53(49)82(74,75)41(5)6/h9-20,35-42H,21-34H2,1-8H3,(H2,62,64,67,68)(H2,63,65,66,69).